The third-order valence-electron chi connectivity index (χ3n) is 6.97. The van der Waals surface area contributed by atoms with E-state index in [9.17, 15) is 0 Å². The van der Waals surface area contributed by atoms with Crippen LogP contribution in [0.15, 0.2) is 60.7 Å². The molecule has 30 heavy (non-hydrogen) atoms. The summed E-state index contributed by atoms with van der Waals surface area (Å²) in [4.78, 5) is 6.07. The number of rotatable bonds is 6. The summed E-state index contributed by atoms with van der Waals surface area (Å²) in [5.41, 5.74) is -0.163. The van der Waals surface area contributed by atoms with E-state index in [2.05, 4.69) is 105 Å². The molecule has 0 aliphatic carbocycles. The number of unbranched alkanes of at least 4 members (excludes halogenated alkanes) is 1. The number of hydrogen-bond donors (Lipinski definition) is 0. The van der Waals surface area contributed by atoms with E-state index >= 15 is 0 Å². The molecular formula is C26H37N2OP. The van der Waals surface area contributed by atoms with Crippen molar-refractivity contribution in [2.75, 3.05) is 13.7 Å². The quantitative estimate of drug-likeness (QED) is 0.604. The Kier molecular flexibility index (Phi) is 5.79. The highest BCUT2D eigenvalue weighted by molar-refractivity contribution is 7.89. The van der Waals surface area contributed by atoms with Crippen molar-refractivity contribution in [1.82, 2.24) is 9.73 Å². The van der Waals surface area contributed by atoms with E-state index in [0.717, 1.165) is 13.0 Å². The van der Waals surface area contributed by atoms with Crippen LogP contribution in [0, 0.1) is 0 Å². The molecule has 0 aromatic heterocycles. The highest BCUT2D eigenvalue weighted by Crippen LogP contribution is 2.65. The third kappa shape index (κ3) is 3.06. The minimum Gasteiger partial charge on any atom is -0.301 e. The lowest BCUT2D eigenvalue weighted by atomic mass is 9.78. The third-order valence-corrected chi connectivity index (χ3v) is 11.9. The van der Waals surface area contributed by atoms with Crippen LogP contribution >= 0.6 is 7.04 Å². The van der Waals surface area contributed by atoms with Gasteiger partial charge in [-0.3, -0.25) is 4.67 Å². The zero-order valence-electron chi connectivity index (χ0n) is 19.4. The number of nitrogens with zero attached hydrogens (tertiary/aromatic N) is 2. The number of fused-ring (bicyclic) bond motifs is 1. The molecule has 1 unspecified atom stereocenters. The Morgan fingerprint density at radius 2 is 1.47 bits per heavy atom. The second-order valence-electron chi connectivity index (χ2n) is 9.78. The monoisotopic (exact) mass is 424 g/mol. The minimum absolute atomic E-state index is 0.0136. The average molecular weight is 425 g/mol. The number of piperidine rings is 1. The molecule has 1 atom stereocenters. The van der Waals surface area contributed by atoms with Crippen molar-refractivity contribution in [1.29, 1.82) is 0 Å². The van der Waals surface area contributed by atoms with E-state index in [4.69, 9.17) is 4.84 Å². The molecule has 2 aliphatic heterocycles. The molecule has 162 valence electrons. The number of hydrogen-bond acceptors (Lipinski definition) is 3. The Bertz CT molecular complexity index is 893. The molecule has 4 rings (SSSR count). The zero-order chi connectivity index (χ0) is 21.6. The summed E-state index contributed by atoms with van der Waals surface area (Å²) in [6, 6.07) is 23.0. The van der Waals surface area contributed by atoms with E-state index in [1.54, 1.807) is 5.29 Å². The fourth-order valence-corrected chi connectivity index (χ4v) is 11.5. The molecule has 3 nitrogen and oxygen atoms in total. The lowest BCUT2D eigenvalue weighted by Gasteiger charge is -2.67. The van der Waals surface area contributed by atoms with Crippen LogP contribution in [0.25, 0.3) is 0 Å². The number of benzene rings is 2. The van der Waals surface area contributed by atoms with E-state index in [1.807, 2.05) is 7.11 Å². The molecule has 0 N–H and O–H groups in total. The first-order chi connectivity index (χ1) is 14.3. The van der Waals surface area contributed by atoms with Crippen molar-refractivity contribution in [3.05, 3.63) is 60.7 Å². The Morgan fingerprint density at radius 1 is 0.933 bits per heavy atom. The van der Waals surface area contributed by atoms with E-state index in [0.29, 0.717) is 6.04 Å². The van der Waals surface area contributed by atoms with Gasteiger partial charge in [0.15, 0.2) is 0 Å². The fourth-order valence-electron chi connectivity index (χ4n) is 6.18. The maximum Gasteiger partial charge on any atom is 0.0658 e. The van der Waals surface area contributed by atoms with Crippen LogP contribution in [-0.2, 0) is 4.84 Å². The molecule has 4 heteroatoms. The van der Waals surface area contributed by atoms with Crippen molar-refractivity contribution in [3.8, 4) is 0 Å². The van der Waals surface area contributed by atoms with Gasteiger partial charge in [0.2, 0.25) is 0 Å². The SMILES string of the molecule is CCCCN1C2CC(C)(C)N(OC)C(C)(C)C2=P1(c1ccccc1)c1ccccc1. The summed E-state index contributed by atoms with van der Waals surface area (Å²) in [5.74, 6) is 0. The van der Waals surface area contributed by atoms with Crippen LogP contribution < -0.4 is 10.6 Å². The summed E-state index contributed by atoms with van der Waals surface area (Å²) >= 11 is 0. The van der Waals surface area contributed by atoms with Gasteiger partial charge >= 0.3 is 0 Å². The van der Waals surface area contributed by atoms with Gasteiger partial charge in [-0.05, 0) is 56.4 Å². The normalized spacial score (nSPS) is 24.9. The van der Waals surface area contributed by atoms with Crippen LogP contribution in [0.3, 0.4) is 0 Å². The lowest BCUT2D eigenvalue weighted by molar-refractivity contribution is -0.240. The predicted octanol–water partition coefficient (Wildman–Crippen LogP) is 5.05. The Labute approximate surface area is 183 Å². The van der Waals surface area contributed by atoms with Gasteiger partial charge in [-0.15, -0.1) is 0 Å². The molecule has 0 spiro atoms. The van der Waals surface area contributed by atoms with Crippen molar-refractivity contribution >= 4 is 22.9 Å². The van der Waals surface area contributed by atoms with Crippen LogP contribution in [0.2, 0.25) is 0 Å². The lowest BCUT2D eigenvalue weighted by Crippen LogP contribution is -2.74. The van der Waals surface area contributed by atoms with Crippen molar-refractivity contribution < 1.29 is 4.84 Å². The van der Waals surface area contributed by atoms with Crippen LogP contribution in [0.5, 0.6) is 0 Å². The van der Waals surface area contributed by atoms with Gasteiger partial charge in [0.25, 0.3) is 0 Å². The van der Waals surface area contributed by atoms with Gasteiger partial charge in [-0.2, -0.15) is 5.06 Å². The molecule has 2 aromatic carbocycles. The topological polar surface area (TPSA) is 15.7 Å². The van der Waals surface area contributed by atoms with Crippen LogP contribution in [0.4, 0.5) is 0 Å². The Morgan fingerprint density at radius 3 is 1.93 bits per heavy atom. The van der Waals surface area contributed by atoms with E-state index in [-0.39, 0.29) is 11.1 Å². The van der Waals surface area contributed by atoms with Crippen molar-refractivity contribution in [3.63, 3.8) is 0 Å². The van der Waals surface area contributed by atoms with Crippen LogP contribution in [0.1, 0.15) is 53.9 Å². The van der Waals surface area contributed by atoms with Crippen LogP contribution in [-0.4, -0.2) is 45.8 Å². The highest BCUT2D eigenvalue weighted by Gasteiger charge is 2.61. The second-order valence-corrected chi connectivity index (χ2v) is 13.1. The van der Waals surface area contributed by atoms with Crippen molar-refractivity contribution in [2.24, 2.45) is 0 Å². The fraction of sp³-hybridized carbons (Fsp3) is 0.500. The van der Waals surface area contributed by atoms with Gasteiger partial charge in [0, 0.05) is 25.2 Å². The first-order valence-electron chi connectivity index (χ1n) is 11.3. The summed E-state index contributed by atoms with van der Waals surface area (Å²) in [5, 5.41) is 6.89. The molecule has 2 heterocycles. The molecule has 0 radical (unpaired) electrons. The molecule has 0 bridgehead atoms. The Balaban J connectivity index is 2.07. The average Bonchev–Trinajstić information content (AvgIpc) is 2.71. The summed E-state index contributed by atoms with van der Waals surface area (Å²) < 4.78 is 2.90. The van der Waals surface area contributed by atoms with Gasteiger partial charge in [-0.1, -0.05) is 74.0 Å². The van der Waals surface area contributed by atoms with Gasteiger partial charge < -0.3 is 4.84 Å². The summed E-state index contributed by atoms with van der Waals surface area (Å²) in [6.07, 6.45) is 3.56. The number of hydroxylamine groups is 2. The predicted molar refractivity (Wildman–Crippen MR) is 131 cm³/mol. The highest BCUT2D eigenvalue weighted by atomic mass is 31.2. The largest absolute Gasteiger partial charge is 0.301 e. The Hall–Kier alpha value is -1.38. The first-order valence-corrected chi connectivity index (χ1v) is 13.1. The minimum atomic E-state index is -1.85. The molecule has 0 amide bonds. The maximum atomic E-state index is 6.07. The standard InChI is InChI=1S/C26H37N2OP/c1-7-8-19-27-23-20-25(2,3)28(29-6)26(4,5)24(23)30(27,21-15-11-9-12-16-21)22-17-13-10-14-18-22/h9-18,23H,7-8,19-20H2,1-6H3. The second kappa shape index (κ2) is 7.95. The van der Waals surface area contributed by atoms with Gasteiger partial charge in [0.05, 0.1) is 12.6 Å². The maximum absolute atomic E-state index is 6.07. The molecular weight excluding hydrogens is 387 g/mol. The molecule has 1 fully saturated rings. The van der Waals surface area contributed by atoms with E-state index in [1.165, 1.54) is 23.5 Å². The molecule has 2 aromatic rings. The molecule has 1 saturated heterocycles. The first kappa shape index (κ1) is 21.8. The van der Waals surface area contributed by atoms with Gasteiger partial charge in [-0.25, -0.2) is 0 Å². The summed E-state index contributed by atoms with van der Waals surface area (Å²) in [7, 11) is -0.00955. The van der Waals surface area contributed by atoms with Gasteiger partial charge in [0.1, 0.15) is 0 Å². The summed E-state index contributed by atoms with van der Waals surface area (Å²) in [6.45, 7) is 12.9. The van der Waals surface area contributed by atoms with E-state index < -0.39 is 7.04 Å². The zero-order valence-corrected chi connectivity index (χ0v) is 20.3. The molecule has 2 aliphatic rings. The smallest absolute Gasteiger partial charge is 0.0658 e. The molecule has 0 saturated carbocycles. The van der Waals surface area contributed by atoms with Crippen molar-refractivity contribution in [2.45, 2.75) is 71.0 Å².